The zero-order chi connectivity index (χ0) is 16.5. The molecule has 1 aromatic rings. The Labute approximate surface area is 143 Å². The topological polar surface area (TPSA) is 110 Å². The van der Waals surface area contributed by atoms with E-state index in [4.69, 9.17) is 5.73 Å². The number of halogens is 1. The third kappa shape index (κ3) is 4.63. The van der Waals surface area contributed by atoms with Crippen LogP contribution in [0.5, 0.6) is 0 Å². The summed E-state index contributed by atoms with van der Waals surface area (Å²) in [5.41, 5.74) is 5.88. The molecule has 0 aliphatic carbocycles. The van der Waals surface area contributed by atoms with E-state index in [1.54, 1.807) is 0 Å². The lowest BCUT2D eigenvalue weighted by Crippen LogP contribution is -2.44. The molecule has 1 aromatic heterocycles. The summed E-state index contributed by atoms with van der Waals surface area (Å²) in [5.74, 6) is 0.131. The summed E-state index contributed by atoms with van der Waals surface area (Å²) < 4.78 is 49.4. The van der Waals surface area contributed by atoms with Gasteiger partial charge in [-0.3, -0.25) is 0 Å². The first-order valence-electron chi connectivity index (χ1n) is 7.04. The molecule has 7 nitrogen and oxygen atoms in total. The van der Waals surface area contributed by atoms with Crippen LogP contribution >= 0.6 is 12.4 Å². The molecule has 0 saturated carbocycles. The monoisotopic (exact) mass is 383 g/mol. The van der Waals surface area contributed by atoms with Gasteiger partial charge in [0, 0.05) is 31.6 Å². The van der Waals surface area contributed by atoms with Crippen molar-refractivity contribution in [3.05, 3.63) is 18.3 Å². The molecule has 2 heterocycles. The van der Waals surface area contributed by atoms with Crippen LogP contribution in [0.1, 0.15) is 19.8 Å². The second-order valence-electron chi connectivity index (χ2n) is 5.73. The highest BCUT2D eigenvalue weighted by Crippen LogP contribution is 2.25. The normalized spacial score (nSPS) is 21.4. The smallest absolute Gasteiger partial charge is 0.244 e. The van der Waals surface area contributed by atoms with Crippen molar-refractivity contribution in [2.75, 3.05) is 19.3 Å². The average Bonchev–Trinajstić information content (AvgIpc) is 2.46. The van der Waals surface area contributed by atoms with Crippen molar-refractivity contribution >= 4 is 32.3 Å². The molecular formula is C13H22ClN3O4S2. The first kappa shape index (κ1) is 20.3. The number of sulfone groups is 1. The second kappa shape index (κ2) is 7.43. The minimum absolute atomic E-state index is 0. The van der Waals surface area contributed by atoms with E-state index in [9.17, 15) is 16.8 Å². The minimum Gasteiger partial charge on any atom is -0.328 e. The number of nitrogens with zero attached hydrogens (tertiary/aromatic N) is 2. The highest BCUT2D eigenvalue weighted by atomic mass is 35.5. The molecular weight excluding hydrogens is 362 g/mol. The number of rotatable bonds is 4. The predicted molar refractivity (Wildman–Crippen MR) is 89.7 cm³/mol. The molecule has 0 radical (unpaired) electrons. The molecule has 1 aliphatic rings. The Hall–Kier alpha value is -0.740. The van der Waals surface area contributed by atoms with Crippen LogP contribution < -0.4 is 5.73 Å². The molecule has 2 atom stereocenters. The molecule has 2 N–H and O–H groups in total. The van der Waals surface area contributed by atoms with Gasteiger partial charge in [-0.2, -0.15) is 4.31 Å². The summed E-state index contributed by atoms with van der Waals surface area (Å²) in [6.45, 7) is 2.70. The van der Waals surface area contributed by atoms with Crippen molar-refractivity contribution in [3.63, 3.8) is 0 Å². The Morgan fingerprint density at radius 3 is 2.43 bits per heavy atom. The van der Waals surface area contributed by atoms with Gasteiger partial charge in [-0.25, -0.2) is 21.8 Å². The maximum absolute atomic E-state index is 12.6. The molecule has 2 unspecified atom stereocenters. The van der Waals surface area contributed by atoms with E-state index in [1.165, 1.54) is 16.4 Å². The lowest BCUT2D eigenvalue weighted by atomic mass is 9.93. The predicted octanol–water partition coefficient (Wildman–Crippen LogP) is 0.655. The molecule has 2 rings (SSSR count). The fourth-order valence-corrected chi connectivity index (χ4v) is 4.55. The minimum atomic E-state index is -3.67. The molecule has 10 heteroatoms. The maximum atomic E-state index is 12.6. The Balaban J connectivity index is 0.00000264. The molecule has 132 valence electrons. The molecule has 23 heavy (non-hydrogen) atoms. The number of hydrogen-bond acceptors (Lipinski definition) is 6. The van der Waals surface area contributed by atoms with Crippen molar-refractivity contribution in [3.8, 4) is 0 Å². The van der Waals surface area contributed by atoms with Crippen LogP contribution in [0.4, 0.5) is 0 Å². The second-order valence-corrected chi connectivity index (χ2v) is 9.63. The maximum Gasteiger partial charge on any atom is 0.244 e. The number of nitrogens with two attached hydrogens (primary N) is 1. The third-order valence-electron chi connectivity index (χ3n) is 3.89. The van der Waals surface area contributed by atoms with Crippen molar-refractivity contribution in [1.29, 1.82) is 0 Å². The van der Waals surface area contributed by atoms with Crippen LogP contribution in [-0.4, -0.2) is 51.5 Å². The Bertz CT molecular complexity index is 733. The largest absolute Gasteiger partial charge is 0.328 e. The lowest BCUT2D eigenvalue weighted by Gasteiger charge is -2.33. The molecule has 0 amide bonds. The third-order valence-corrected chi connectivity index (χ3v) is 6.74. The van der Waals surface area contributed by atoms with Gasteiger partial charge < -0.3 is 5.73 Å². The standard InChI is InChI=1S/C13H21N3O4S2.ClH/c1-10(14)11-4-3-7-16(9-11)22(19,20)12-5-6-13(15-8-12)21(2,17)18;/h5-6,8,10-11H,3-4,7,9,14H2,1-2H3;1H. The van der Waals surface area contributed by atoms with Crippen LogP contribution in [0.25, 0.3) is 0 Å². The lowest BCUT2D eigenvalue weighted by molar-refractivity contribution is 0.243. The Morgan fingerprint density at radius 2 is 1.96 bits per heavy atom. The molecule has 1 saturated heterocycles. The number of aromatic nitrogens is 1. The van der Waals surface area contributed by atoms with E-state index < -0.39 is 19.9 Å². The molecule has 0 spiro atoms. The van der Waals surface area contributed by atoms with Crippen LogP contribution in [0.2, 0.25) is 0 Å². The van der Waals surface area contributed by atoms with E-state index in [1.807, 2.05) is 6.92 Å². The van der Waals surface area contributed by atoms with Crippen LogP contribution in [0, 0.1) is 5.92 Å². The fraction of sp³-hybridized carbons (Fsp3) is 0.615. The van der Waals surface area contributed by atoms with E-state index in [2.05, 4.69) is 4.98 Å². The summed E-state index contributed by atoms with van der Waals surface area (Å²) >= 11 is 0. The van der Waals surface area contributed by atoms with Gasteiger partial charge in [-0.15, -0.1) is 12.4 Å². The van der Waals surface area contributed by atoms with Gasteiger partial charge >= 0.3 is 0 Å². The van der Waals surface area contributed by atoms with E-state index in [0.29, 0.717) is 13.1 Å². The molecule has 1 fully saturated rings. The van der Waals surface area contributed by atoms with Crippen LogP contribution in [0.15, 0.2) is 28.3 Å². The summed E-state index contributed by atoms with van der Waals surface area (Å²) in [5, 5.41) is -0.140. The number of piperidine rings is 1. The Kier molecular flexibility index (Phi) is 6.56. The Morgan fingerprint density at radius 1 is 1.30 bits per heavy atom. The highest BCUT2D eigenvalue weighted by molar-refractivity contribution is 7.90. The number of sulfonamides is 1. The first-order chi connectivity index (χ1) is 10.1. The quantitative estimate of drug-likeness (QED) is 0.817. The van der Waals surface area contributed by atoms with Crippen molar-refractivity contribution < 1.29 is 16.8 Å². The van der Waals surface area contributed by atoms with Gasteiger partial charge in [0.25, 0.3) is 0 Å². The first-order valence-corrected chi connectivity index (χ1v) is 10.4. The number of pyridine rings is 1. The average molecular weight is 384 g/mol. The van der Waals surface area contributed by atoms with Crippen molar-refractivity contribution in [2.45, 2.75) is 35.7 Å². The van der Waals surface area contributed by atoms with Gasteiger partial charge in [0.05, 0.1) is 0 Å². The number of hydrogen-bond donors (Lipinski definition) is 1. The van der Waals surface area contributed by atoms with Crippen molar-refractivity contribution in [1.82, 2.24) is 9.29 Å². The van der Waals surface area contributed by atoms with Gasteiger partial charge in [-0.05, 0) is 37.8 Å². The summed E-state index contributed by atoms with van der Waals surface area (Å²) in [6.07, 6.45) is 3.80. The SMILES string of the molecule is CC(N)C1CCCN(S(=O)(=O)c2ccc(S(C)(=O)=O)nc2)C1.Cl. The van der Waals surface area contributed by atoms with Gasteiger partial charge in [0.2, 0.25) is 10.0 Å². The summed E-state index contributed by atoms with van der Waals surface area (Å²) in [7, 11) is -7.12. The summed E-state index contributed by atoms with van der Waals surface area (Å²) in [4.78, 5) is 3.75. The van der Waals surface area contributed by atoms with E-state index >= 15 is 0 Å². The summed E-state index contributed by atoms with van der Waals surface area (Å²) in [6, 6.07) is 2.44. The zero-order valence-corrected chi connectivity index (χ0v) is 15.5. The molecule has 1 aliphatic heterocycles. The van der Waals surface area contributed by atoms with Gasteiger partial charge in [0.1, 0.15) is 4.90 Å². The fourth-order valence-electron chi connectivity index (χ4n) is 2.51. The van der Waals surface area contributed by atoms with Crippen LogP contribution in [0.3, 0.4) is 0 Å². The highest BCUT2D eigenvalue weighted by Gasteiger charge is 2.31. The van der Waals surface area contributed by atoms with Gasteiger partial charge in [-0.1, -0.05) is 0 Å². The zero-order valence-electron chi connectivity index (χ0n) is 13.0. The molecule has 0 aromatic carbocycles. The molecule has 0 bridgehead atoms. The van der Waals surface area contributed by atoms with E-state index in [0.717, 1.165) is 25.3 Å². The van der Waals surface area contributed by atoms with E-state index in [-0.39, 0.29) is 34.3 Å². The van der Waals surface area contributed by atoms with Crippen molar-refractivity contribution in [2.24, 2.45) is 11.7 Å². The van der Waals surface area contributed by atoms with Gasteiger partial charge in [0.15, 0.2) is 14.9 Å². The van der Waals surface area contributed by atoms with Crippen LogP contribution in [-0.2, 0) is 19.9 Å².